The number of aldehydes is 1. The van der Waals surface area contributed by atoms with Gasteiger partial charge in [0, 0.05) is 0 Å². The molecule has 0 amide bonds. The van der Waals surface area contributed by atoms with E-state index < -0.39 is 0 Å². The van der Waals surface area contributed by atoms with Crippen LogP contribution in [-0.2, 0) is 4.79 Å². The summed E-state index contributed by atoms with van der Waals surface area (Å²) in [5.74, 6) is 0. The van der Waals surface area contributed by atoms with Crippen molar-refractivity contribution in [3.63, 3.8) is 0 Å². The summed E-state index contributed by atoms with van der Waals surface area (Å²) < 4.78 is 0. The molecule has 3 heteroatoms. The van der Waals surface area contributed by atoms with Crippen molar-refractivity contribution in [2.24, 2.45) is 0 Å². The summed E-state index contributed by atoms with van der Waals surface area (Å²) in [5.41, 5.74) is 0. The van der Waals surface area contributed by atoms with Crippen LogP contribution in [0.3, 0.4) is 0 Å². The van der Waals surface area contributed by atoms with Crippen molar-refractivity contribution in [1.82, 2.24) is 0 Å². The molecule has 0 fully saturated rings. The fraction of sp³-hybridized carbons (Fsp3) is 0.500. The Labute approximate surface area is 105 Å². The molecule has 0 N–H and O–H groups in total. The minimum Gasteiger partial charge on any atom is -0.656 e. The number of hydrogen-bond donors (Lipinski definition) is 0. The van der Waals surface area contributed by atoms with Gasteiger partial charge in [0.1, 0.15) is 6.29 Å². The van der Waals surface area contributed by atoms with Crippen molar-refractivity contribution in [3.8, 4) is 0 Å². The first-order valence-electron chi connectivity index (χ1n) is 2.50. The Hall–Kier alpha value is 1.18. The number of nitrogens with zero attached hydrogens (tertiary/aromatic N) is 1. The van der Waals surface area contributed by atoms with E-state index in [9.17, 15) is 4.79 Å². The van der Waals surface area contributed by atoms with Crippen LogP contribution in [0.4, 0.5) is 0 Å². The van der Waals surface area contributed by atoms with Gasteiger partial charge in [-0.2, -0.15) is 7.05 Å². The third-order valence-electron chi connectivity index (χ3n) is 0.897. The van der Waals surface area contributed by atoms with E-state index >= 15 is 0 Å². The van der Waals surface area contributed by atoms with Gasteiger partial charge in [-0.25, -0.2) is 0 Å². The molecule has 0 bridgehead atoms. The van der Waals surface area contributed by atoms with E-state index in [0.29, 0.717) is 6.42 Å². The molecule has 0 heterocycles. The average Bonchev–Trinajstić information content (AvgIpc) is 1.83. The van der Waals surface area contributed by atoms with Gasteiger partial charge < -0.3 is 10.1 Å². The van der Waals surface area contributed by atoms with Gasteiger partial charge in [-0.3, -0.25) is 0 Å². The van der Waals surface area contributed by atoms with Crippen LogP contribution in [0.1, 0.15) is 6.42 Å². The minimum absolute atomic E-state index is 0. The van der Waals surface area contributed by atoms with E-state index in [0.717, 1.165) is 6.29 Å². The molecule has 0 aliphatic heterocycles. The van der Waals surface area contributed by atoms with E-state index in [1.165, 1.54) is 0 Å². The number of likely N-dealkylation sites (N-methyl/N-ethyl adjacent to an activating group) is 1. The number of rotatable bonds is 4. The summed E-state index contributed by atoms with van der Waals surface area (Å²) in [6.07, 6.45) is 3.16. The molecule has 0 aromatic carbocycles. The normalized spacial score (nSPS) is 11.2. The zero-order chi connectivity index (χ0) is 6.41. The van der Waals surface area contributed by atoms with Crippen molar-refractivity contribution >= 4 is 6.29 Å². The molecule has 0 radical (unpaired) electrons. The van der Waals surface area contributed by atoms with Crippen LogP contribution in [-0.4, -0.2) is 19.4 Å². The Morgan fingerprint density at radius 1 is 1.78 bits per heavy atom. The van der Waals surface area contributed by atoms with Gasteiger partial charge in [0.05, 0.1) is 0 Å². The Morgan fingerprint density at radius 3 is 2.44 bits per heavy atom. The Kier molecular flexibility index (Phi) is 13.1. The van der Waals surface area contributed by atoms with Crippen LogP contribution in [0.15, 0.2) is 12.7 Å². The molecule has 2 nitrogen and oxygen atoms in total. The second-order valence-electron chi connectivity index (χ2n) is 1.49. The standard InChI is InChI=1S/C6H10NO.Rb/c1-3-4-6(5-8)7-2;/h3,5-6H,1,4H2,2H3;/q-1;+1. The molecule has 0 spiro atoms. The number of carbonyl (C=O) groups excluding carboxylic acids is 1. The summed E-state index contributed by atoms with van der Waals surface area (Å²) in [7, 11) is 1.63. The molecule has 0 aromatic heterocycles. The molecule has 0 aliphatic rings. The maximum atomic E-state index is 9.98. The van der Waals surface area contributed by atoms with E-state index in [1.807, 2.05) is 0 Å². The minimum atomic E-state index is -0.174. The summed E-state index contributed by atoms with van der Waals surface area (Å²) in [5, 5.41) is 3.76. The molecule has 0 aliphatic carbocycles. The van der Waals surface area contributed by atoms with Crippen LogP contribution < -0.4 is 58.2 Å². The van der Waals surface area contributed by atoms with Crippen LogP contribution in [0.2, 0.25) is 0 Å². The van der Waals surface area contributed by atoms with E-state index in [2.05, 4.69) is 11.9 Å². The summed E-state index contributed by atoms with van der Waals surface area (Å²) in [6.45, 7) is 3.48. The maximum Gasteiger partial charge on any atom is 1.00 e. The molecule has 0 aromatic rings. The zero-order valence-electron chi connectivity index (χ0n) is 6.00. The topological polar surface area (TPSA) is 31.2 Å². The Bertz CT molecular complexity index is 85.1. The predicted molar refractivity (Wildman–Crippen MR) is 33.9 cm³/mol. The SMILES string of the molecule is C=CCC(C=O)[N-]C.[Rb+]. The van der Waals surface area contributed by atoms with Crippen LogP contribution in [0, 0.1) is 0 Å². The van der Waals surface area contributed by atoms with Crippen molar-refractivity contribution in [1.29, 1.82) is 0 Å². The second-order valence-corrected chi connectivity index (χ2v) is 1.49. The van der Waals surface area contributed by atoms with E-state index in [4.69, 9.17) is 0 Å². The monoisotopic (exact) mass is 197 g/mol. The number of carbonyl (C=O) groups is 1. The molecule has 1 unspecified atom stereocenters. The molecule has 0 saturated carbocycles. The molecule has 0 saturated heterocycles. The fourth-order valence-corrected chi connectivity index (χ4v) is 0.393. The van der Waals surface area contributed by atoms with Crippen molar-refractivity contribution in [2.45, 2.75) is 12.5 Å². The third kappa shape index (κ3) is 7.07. The van der Waals surface area contributed by atoms with Crippen molar-refractivity contribution < 1.29 is 63.0 Å². The van der Waals surface area contributed by atoms with Gasteiger partial charge in [-0.05, 0) is 6.42 Å². The predicted octanol–water partition coefficient (Wildman–Crippen LogP) is -1.86. The third-order valence-corrected chi connectivity index (χ3v) is 0.897. The molecule has 1 atom stereocenters. The van der Waals surface area contributed by atoms with E-state index in [-0.39, 0.29) is 64.2 Å². The van der Waals surface area contributed by atoms with Gasteiger partial charge in [0.25, 0.3) is 0 Å². The van der Waals surface area contributed by atoms with Crippen LogP contribution in [0.5, 0.6) is 0 Å². The van der Waals surface area contributed by atoms with Crippen LogP contribution >= 0.6 is 0 Å². The summed E-state index contributed by atoms with van der Waals surface area (Å²) >= 11 is 0. The van der Waals surface area contributed by atoms with Gasteiger partial charge in [0.15, 0.2) is 0 Å². The Morgan fingerprint density at radius 2 is 2.33 bits per heavy atom. The van der Waals surface area contributed by atoms with Crippen molar-refractivity contribution in [3.05, 3.63) is 18.0 Å². The van der Waals surface area contributed by atoms with Gasteiger partial charge in [-0.1, -0.05) is 12.1 Å². The largest absolute Gasteiger partial charge is 1.00 e. The number of hydrogen-bond acceptors (Lipinski definition) is 1. The first-order chi connectivity index (χ1) is 3.85. The fourth-order valence-electron chi connectivity index (χ4n) is 0.393. The maximum absolute atomic E-state index is 9.98. The Balaban J connectivity index is 0. The molecule has 9 heavy (non-hydrogen) atoms. The first-order valence-corrected chi connectivity index (χ1v) is 2.50. The van der Waals surface area contributed by atoms with E-state index in [1.54, 1.807) is 13.1 Å². The quantitative estimate of drug-likeness (QED) is 0.384. The van der Waals surface area contributed by atoms with Gasteiger partial charge in [0.2, 0.25) is 0 Å². The zero-order valence-corrected chi connectivity index (χ0v) is 10.9. The van der Waals surface area contributed by atoms with Gasteiger partial charge >= 0.3 is 58.2 Å². The summed E-state index contributed by atoms with van der Waals surface area (Å²) in [4.78, 5) is 9.98. The molecular weight excluding hydrogens is 188 g/mol. The molecule has 46 valence electrons. The smallest absolute Gasteiger partial charge is 0.656 e. The molecule has 0 rings (SSSR count). The summed E-state index contributed by atoms with van der Waals surface area (Å²) in [6, 6.07) is -0.174. The second kappa shape index (κ2) is 9.18. The first kappa shape index (κ1) is 12.8. The molecular formula is C6H10NORb. The van der Waals surface area contributed by atoms with Crippen molar-refractivity contribution in [2.75, 3.05) is 7.05 Å². The average molecular weight is 198 g/mol. The van der Waals surface area contributed by atoms with Gasteiger partial charge in [-0.15, -0.1) is 6.58 Å². The van der Waals surface area contributed by atoms with Crippen LogP contribution in [0.25, 0.3) is 5.32 Å².